The first kappa shape index (κ1) is 22.8. The maximum absolute atomic E-state index is 14.7. The van der Waals surface area contributed by atoms with E-state index in [1.54, 1.807) is 37.3 Å². The second-order valence-electron chi connectivity index (χ2n) is 7.62. The van der Waals surface area contributed by atoms with Gasteiger partial charge in [0, 0.05) is 11.5 Å². The Morgan fingerprint density at radius 1 is 1.26 bits per heavy atom. The number of allylic oxidation sites excluding steroid dienone is 1. The van der Waals surface area contributed by atoms with Crippen LogP contribution in [-0.2, 0) is 12.5 Å². The molecule has 0 spiro atoms. The van der Waals surface area contributed by atoms with Crippen LogP contribution >= 0.6 is 0 Å². The van der Waals surface area contributed by atoms with Crippen molar-refractivity contribution in [3.63, 3.8) is 0 Å². The number of aryl methyl sites for hydroxylation is 1. The van der Waals surface area contributed by atoms with Crippen LogP contribution < -0.4 is 11.1 Å². The molecule has 34 heavy (non-hydrogen) atoms. The fraction of sp³-hybridized carbons (Fsp3) is 0.174. The standard InChI is InChI=1S/C23H20F2N6O3/c1-4-23(24,25)20-19(13(3)31(29-20)11-14-9-12(2)30-34-14)28-22(33)16-10-18(21(26)32)27-17-8-6-5-7-15(16)17/h4-10H,1,11H2,2-3H3,(H2,26,32)(H,28,33). The highest BCUT2D eigenvalue weighted by atomic mass is 19.3. The first-order valence-corrected chi connectivity index (χ1v) is 10.1. The zero-order valence-electron chi connectivity index (χ0n) is 18.3. The molecule has 0 saturated heterocycles. The van der Waals surface area contributed by atoms with Crippen LogP contribution in [0.25, 0.3) is 10.9 Å². The van der Waals surface area contributed by atoms with Crippen molar-refractivity contribution in [1.29, 1.82) is 0 Å². The number of alkyl halides is 2. The average Bonchev–Trinajstić information content (AvgIpc) is 3.36. The maximum Gasteiger partial charge on any atom is 0.311 e. The second kappa shape index (κ2) is 8.50. The fourth-order valence-electron chi connectivity index (χ4n) is 3.49. The van der Waals surface area contributed by atoms with Crippen LogP contribution in [0.4, 0.5) is 14.5 Å². The molecule has 3 N–H and O–H groups in total. The van der Waals surface area contributed by atoms with Gasteiger partial charge in [0.25, 0.3) is 11.8 Å². The number of anilines is 1. The Kier molecular flexibility index (Phi) is 5.70. The number of benzene rings is 1. The number of aromatic nitrogens is 4. The summed E-state index contributed by atoms with van der Waals surface area (Å²) in [4.78, 5) is 29.1. The summed E-state index contributed by atoms with van der Waals surface area (Å²) in [6.07, 6.45) is 0.445. The van der Waals surface area contributed by atoms with E-state index in [-0.39, 0.29) is 29.2 Å². The third-order valence-electron chi connectivity index (χ3n) is 5.21. The Morgan fingerprint density at radius 2 is 2.00 bits per heavy atom. The second-order valence-corrected chi connectivity index (χ2v) is 7.62. The van der Waals surface area contributed by atoms with Gasteiger partial charge in [-0.1, -0.05) is 29.9 Å². The van der Waals surface area contributed by atoms with Gasteiger partial charge in [-0.25, -0.2) is 4.98 Å². The number of nitrogens with two attached hydrogens (primary N) is 1. The Hall–Kier alpha value is -4.41. The van der Waals surface area contributed by atoms with Gasteiger partial charge in [-0.3, -0.25) is 14.3 Å². The predicted octanol–water partition coefficient (Wildman–Crippen LogP) is 3.71. The van der Waals surface area contributed by atoms with Crippen LogP contribution in [0.1, 0.15) is 43.7 Å². The molecule has 3 aromatic heterocycles. The van der Waals surface area contributed by atoms with Crippen LogP contribution in [0.5, 0.6) is 0 Å². The molecule has 174 valence electrons. The number of amides is 2. The van der Waals surface area contributed by atoms with Crippen LogP contribution in [-0.4, -0.2) is 31.7 Å². The van der Waals surface area contributed by atoms with Crippen molar-refractivity contribution in [1.82, 2.24) is 19.9 Å². The molecular formula is C23H20F2N6O3. The van der Waals surface area contributed by atoms with Gasteiger partial charge >= 0.3 is 5.92 Å². The number of pyridine rings is 1. The first-order valence-electron chi connectivity index (χ1n) is 10.1. The van der Waals surface area contributed by atoms with Gasteiger partial charge in [0.2, 0.25) is 0 Å². The van der Waals surface area contributed by atoms with Crippen molar-refractivity contribution < 1.29 is 22.9 Å². The van der Waals surface area contributed by atoms with Gasteiger partial charge in [0.1, 0.15) is 12.2 Å². The number of carbonyl (C=O) groups is 2. The van der Waals surface area contributed by atoms with Gasteiger partial charge in [0.05, 0.1) is 28.2 Å². The highest BCUT2D eigenvalue weighted by molar-refractivity contribution is 6.14. The first-order chi connectivity index (χ1) is 16.1. The lowest BCUT2D eigenvalue weighted by atomic mass is 10.1. The van der Waals surface area contributed by atoms with E-state index >= 15 is 0 Å². The number of para-hydroxylation sites is 1. The molecule has 0 bridgehead atoms. The van der Waals surface area contributed by atoms with Gasteiger partial charge in [0.15, 0.2) is 11.5 Å². The topological polar surface area (TPSA) is 129 Å². The van der Waals surface area contributed by atoms with Gasteiger partial charge in [-0.05, 0) is 32.1 Å². The van der Waals surface area contributed by atoms with Crippen molar-refractivity contribution in [2.75, 3.05) is 5.32 Å². The van der Waals surface area contributed by atoms with Gasteiger partial charge in [-0.15, -0.1) is 0 Å². The molecule has 9 nitrogen and oxygen atoms in total. The number of primary amides is 1. The fourth-order valence-corrected chi connectivity index (χ4v) is 3.49. The average molecular weight is 466 g/mol. The zero-order valence-corrected chi connectivity index (χ0v) is 18.3. The Morgan fingerprint density at radius 3 is 2.65 bits per heavy atom. The van der Waals surface area contributed by atoms with E-state index in [2.05, 4.69) is 27.1 Å². The van der Waals surface area contributed by atoms with E-state index in [4.69, 9.17) is 10.3 Å². The number of fused-ring (bicyclic) bond motifs is 1. The summed E-state index contributed by atoms with van der Waals surface area (Å²) in [6.45, 7) is 6.47. The number of hydrogen-bond acceptors (Lipinski definition) is 6. The van der Waals surface area contributed by atoms with Crippen molar-refractivity contribution >= 4 is 28.4 Å². The summed E-state index contributed by atoms with van der Waals surface area (Å²) in [6, 6.07) is 9.48. The molecule has 4 rings (SSSR count). The van der Waals surface area contributed by atoms with Crippen molar-refractivity contribution in [2.24, 2.45) is 5.73 Å². The molecule has 0 aliphatic rings. The summed E-state index contributed by atoms with van der Waals surface area (Å²) < 4.78 is 35.9. The number of rotatable bonds is 7. The highest BCUT2D eigenvalue weighted by Gasteiger charge is 2.36. The van der Waals surface area contributed by atoms with E-state index in [1.165, 1.54) is 17.7 Å². The number of nitrogens with zero attached hydrogens (tertiary/aromatic N) is 4. The summed E-state index contributed by atoms with van der Waals surface area (Å²) in [5, 5.41) is 10.7. The van der Waals surface area contributed by atoms with Crippen LogP contribution in [0.2, 0.25) is 0 Å². The largest absolute Gasteiger partial charge is 0.364 e. The van der Waals surface area contributed by atoms with E-state index in [9.17, 15) is 18.4 Å². The third-order valence-corrected chi connectivity index (χ3v) is 5.21. The van der Waals surface area contributed by atoms with Crippen molar-refractivity contribution in [3.8, 4) is 0 Å². The van der Waals surface area contributed by atoms with Gasteiger partial charge in [-0.2, -0.15) is 13.9 Å². The smallest absolute Gasteiger partial charge is 0.311 e. The molecule has 0 unspecified atom stereocenters. The summed E-state index contributed by atoms with van der Waals surface area (Å²) in [5.41, 5.74) is 5.64. The SMILES string of the molecule is C=CC(F)(F)c1nn(Cc2cc(C)no2)c(C)c1NC(=O)c1cc(C(N)=O)nc2ccccc12. The van der Waals surface area contributed by atoms with E-state index in [0.29, 0.717) is 28.4 Å². The van der Waals surface area contributed by atoms with Crippen molar-refractivity contribution in [3.05, 3.63) is 83.2 Å². The van der Waals surface area contributed by atoms with Gasteiger partial charge < -0.3 is 15.6 Å². The molecule has 3 heterocycles. The molecule has 0 aliphatic heterocycles. The molecule has 0 atom stereocenters. The molecule has 0 radical (unpaired) electrons. The third kappa shape index (κ3) is 4.15. The molecule has 0 saturated carbocycles. The Bertz CT molecular complexity index is 1440. The zero-order chi connectivity index (χ0) is 24.6. The summed E-state index contributed by atoms with van der Waals surface area (Å²) in [5.74, 6) is -4.69. The molecular weight excluding hydrogens is 446 g/mol. The Balaban J connectivity index is 1.80. The lowest BCUT2D eigenvalue weighted by molar-refractivity contribution is 0.0476. The highest BCUT2D eigenvalue weighted by Crippen LogP contribution is 2.36. The predicted molar refractivity (Wildman–Crippen MR) is 120 cm³/mol. The molecule has 1 aromatic carbocycles. The number of hydrogen-bond donors (Lipinski definition) is 2. The molecule has 2 amide bonds. The minimum absolute atomic E-state index is 0.0206. The molecule has 4 aromatic rings. The van der Waals surface area contributed by atoms with E-state index in [0.717, 1.165) is 0 Å². The number of carbonyl (C=O) groups excluding carboxylic acids is 2. The van der Waals surface area contributed by atoms with E-state index in [1.807, 2.05) is 0 Å². The monoisotopic (exact) mass is 466 g/mol. The lowest BCUT2D eigenvalue weighted by Gasteiger charge is -2.13. The van der Waals surface area contributed by atoms with Crippen molar-refractivity contribution in [2.45, 2.75) is 26.3 Å². The lowest BCUT2D eigenvalue weighted by Crippen LogP contribution is -2.20. The normalized spacial score (nSPS) is 11.5. The Labute approximate surface area is 192 Å². The summed E-state index contributed by atoms with van der Waals surface area (Å²) >= 11 is 0. The van der Waals surface area contributed by atoms with Crippen LogP contribution in [0, 0.1) is 13.8 Å². The number of nitrogens with one attached hydrogen (secondary N) is 1. The van der Waals surface area contributed by atoms with E-state index < -0.39 is 23.4 Å². The maximum atomic E-state index is 14.7. The quantitative estimate of drug-likeness (QED) is 0.400. The minimum atomic E-state index is -3.53. The summed E-state index contributed by atoms with van der Waals surface area (Å²) in [7, 11) is 0. The molecule has 0 aliphatic carbocycles. The van der Waals surface area contributed by atoms with Crippen LogP contribution in [0.3, 0.4) is 0 Å². The number of halogens is 2. The molecule has 11 heteroatoms. The van der Waals surface area contributed by atoms with Crippen LogP contribution in [0.15, 0.2) is 53.6 Å². The minimum Gasteiger partial charge on any atom is -0.364 e. The molecule has 0 fully saturated rings.